The van der Waals surface area contributed by atoms with Gasteiger partial charge in [-0.15, -0.1) is 5.10 Å². The highest BCUT2D eigenvalue weighted by Crippen LogP contribution is 2.52. The predicted octanol–water partition coefficient (Wildman–Crippen LogP) is 5.29. The number of carbonyl (C=O) groups is 1. The van der Waals surface area contributed by atoms with Crippen molar-refractivity contribution >= 4 is 28.2 Å². The van der Waals surface area contributed by atoms with Gasteiger partial charge in [0.1, 0.15) is 6.61 Å². The molecule has 2 aromatic carbocycles. The van der Waals surface area contributed by atoms with Crippen LogP contribution in [0.25, 0.3) is 10.8 Å². The Hall–Kier alpha value is -3.13. The van der Waals surface area contributed by atoms with E-state index in [1.54, 1.807) is 24.0 Å². The van der Waals surface area contributed by atoms with Crippen LogP contribution in [0.15, 0.2) is 30.3 Å². The monoisotopic (exact) mass is 480 g/mol. The molecule has 0 bridgehead atoms. The van der Waals surface area contributed by atoms with Crippen LogP contribution in [-0.4, -0.2) is 34.9 Å². The summed E-state index contributed by atoms with van der Waals surface area (Å²) in [5, 5.41) is 23.0. The number of aromatic nitrogens is 2. The molecule has 0 radical (unpaired) electrons. The Morgan fingerprint density at radius 1 is 1.17 bits per heavy atom. The van der Waals surface area contributed by atoms with Crippen molar-refractivity contribution in [2.75, 3.05) is 23.9 Å². The first-order chi connectivity index (χ1) is 16.6. The highest BCUT2D eigenvalue weighted by Gasteiger charge is 2.51. The van der Waals surface area contributed by atoms with E-state index in [4.69, 9.17) is 5.11 Å². The number of amides is 1. The van der Waals surface area contributed by atoms with Gasteiger partial charge in [0.05, 0.1) is 17.2 Å². The maximum Gasteiger partial charge on any atom is 0.296 e. The number of aliphatic hydroxyl groups excluding tert-OH is 1. The summed E-state index contributed by atoms with van der Waals surface area (Å²) in [7, 11) is 1.83. The third-order valence-electron chi connectivity index (χ3n) is 7.92. The molecule has 1 aliphatic heterocycles. The lowest BCUT2D eigenvalue weighted by atomic mass is 9.79. The number of benzene rings is 2. The van der Waals surface area contributed by atoms with Crippen molar-refractivity contribution in [3.05, 3.63) is 58.3 Å². The summed E-state index contributed by atoms with van der Waals surface area (Å²) in [4.78, 5) is 15.0. The molecule has 2 heterocycles. The molecule has 8 heteroatoms. The molecule has 184 valence electrons. The second kappa shape index (κ2) is 8.22. The summed E-state index contributed by atoms with van der Waals surface area (Å²) < 4.78 is 28.5. The summed E-state index contributed by atoms with van der Waals surface area (Å²) in [6, 6.07) is 8.48. The Labute approximate surface area is 203 Å². The normalized spacial score (nSPS) is 17.9. The summed E-state index contributed by atoms with van der Waals surface area (Å²) in [6.45, 7) is 4.18. The first-order valence-electron chi connectivity index (χ1n) is 12.1. The molecule has 1 fully saturated rings. The molecule has 6 nitrogen and oxygen atoms in total. The largest absolute Gasteiger partial charge is 0.390 e. The molecular weight excluding hydrogens is 450 g/mol. The zero-order chi connectivity index (χ0) is 25.1. The average molecular weight is 481 g/mol. The number of nitrogens with one attached hydrogen (secondary N) is 1. The fraction of sp³-hybridized carbons (Fsp3) is 0.444. The molecule has 3 aromatic rings. The van der Waals surface area contributed by atoms with Gasteiger partial charge in [-0.3, -0.25) is 4.79 Å². The maximum atomic E-state index is 14.3. The van der Waals surface area contributed by atoms with Crippen molar-refractivity contribution in [3.8, 4) is 0 Å². The van der Waals surface area contributed by atoms with Crippen molar-refractivity contribution in [2.24, 2.45) is 0 Å². The van der Waals surface area contributed by atoms with Gasteiger partial charge >= 0.3 is 0 Å². The van der Waals surface area contributed by atoms with Gasteiger partial charge in [-0.25, -0.2) is 0 Å². The molecule has 2 aliphatic rings. The van der Waals surface area contributed by atoms with E-state index in [1.807, 2.05) is 27.0 Å². The van der Waals surface area contributed by atoms with Gasteiger partial charge in [-0.2, -0.15) is 13.9 Å². The Morgan fingerprint density at radius 3 is 2.57 bits per heavy atom. The second-order valence-electron chi connectivity index (χ2n) is 9.95. The van der Waals surface area contributed by atoms with Crippen molar-refractivity contribution < 1.29 is 18.7 Å². The quantitative estimate of drug-likeness (QED) is 0.519. The molecule has 1 atom stereocenters. The van der Waals surface area contributed by atoms with Gasteiger partial charge in [-0.05, 0) is 62.4 Å². The number of anilines is 2. The number of rotatable bonds is 5. The molecular formula is C27H30F2N4O2. The second-order valence-corrected chi connectivity index (χ2v) is 9.95. The lowest BCUT2D eigenvalue weighted by molar-refractivity contribution is -0.122. The van der Waals surface area contributed by atoms with Crippen LogP contribution in [0.5, 0.6) is 0 Å². The van der Waals surface area contributed by atoms with Gasteiger partial charge in [0.2, 0.25) is 5.91 Å². The molecule has 5 rings (SSSR count). The average Bonchev–Trinajstić information content (AvgIpc) is 3.41. The van der Waals surface area contributed by atoms with Crippen molar-refractivity contribution in [3.63, 3.8) is 0 Å². The Morgan fingerprint density at radius 2 is 1.89 bits per heavy atom. The number of alkyl halides is 2. The fourth-order valence-corrected chi connectivity index (χ4v) is 5.98. The topological polar surface area (TPSA) is 78.4 Å². The smallest absolute Gasteiger partial charge is 0.296 e. The Bertz CT molecular complexity index is 1330. The van der Waals surface area contributed by atoms with Crippen LogP contribution in [0, 0.1) is 13.8 Å². The number of aliphatic hydroxyl groups is 1. The van der Waals surface area contributed by atoms with E-state index in [2.05, 4.69) is 21.6 Å². The summed E-state index contributed by atoms with van der Waals surface area (Å²) in [5.74, 6) is -2.63. The van der Waals surface area contributed by atoms with Crippen molar-refractivity contribution in [2.45, 2.75) is 63.8 Å². The number of nitrogens with zero attached hydrogens (tertiary/aromatic N) is 3. The van der Waals surface area contributed by atoms with E-state index in [0.717, 1.165) is 53.4 Å². The lowest BCUT2D eigenvalue weighted by Crippen LogP contribution is -2.36. The first kappa shape index (κ1) is 23.6. The molecule has 0 saturated heterocycles. The minimum absolute atomic E-state index is 0.152. The summed E-state index contributed by atoms with van der Waals surface area (Å²) in [6.07, 6.45) is 3.82. The van der Waals surface area contributed by atoms with Gasteiger partial charge in [-0.1, -0.05) is 31.0 Å². The zero-order valence-corrected chi connectivity index (χ0v) is 20.5. The van der Waals surface area contributed by atoms with Gasteiger partial charge in [0, 0.05) is 29.1 Å². The minimum atomic E-state index is -3.32. The van der Waals surface area contributed by atoms with Crippen LogP contribution < -0.4 is 10.2 Å². The van der Waals surface area contributed by atoms with Gasteiger partial charge in [0.15, 0.2) is 5.82 Å². The lowest BCUT2D eigenvalue weighted by Gasteiger charge is -2.23. The van der Waals surface area contributed by atoms with Crippen LogP contribution in [0.4, 0.5) is 20.3 Å². The van der Waals surface area contributed by atoms with E-state index >= 15 is 0 Å². The first-order valence-corrected chi connectivity index (χ1v) is 12.1. The van der Waals surface area contributed by atoms with Gasteiger partial charge in [0.25, 0.3) is 5.92 Å². The molecule has 1 amide bonds. The number of aryl methyl sites for hydroxylation is 1. The van der Waals surface area contributed by atoms with Crippen LogP contribution in [0.2, 0.25) is 0 Å². The van der Waals surface area contributed by atoms with E-state index in [9.17, 15) is 13.6 Å². The van der Waals surface area contributed by atoms with Crippen molar-refractivity contribution in [1.29, 1.82) is 0 Å². The number of halogens is 2. The number of fused-ring (bicyclic) bond motifs is 3. The number of carbonyl (C=O) groups excluding carboxylic acids is 1. The predicted molar refractivity (Wildman–Crippen MR) is 132 cm³/mol. The number of hydrogen-bond donors (Lipinski definition) is 2. The fourth-order valence-electron chi connectivity index (χ4n) is 5.98. The molecule has 2 N–H and O–H groups in total. The Kier molecular flexibility index (Phi) is 5.55. The highest BCUT2D eigenvalue weighted by molar-refractivity contribution is 6.11. The van der Waals surface area contributed by atoms with Crippen LogP contribution in [0.1, 0.15) is 66.6 Å². The molecule has 1 spiro atoms. The summed E-state index contributed by atoms with van der Waals surface area (Å²) in [5.41, 5.74) is 3.22. The highest BCUT2D eigenvalue weighted by atomic mass is 19.3. The third-order valence-corrected chi connectivity index (χ3v) is 7.92. The van der Waals surface area contributed by atoms with Crippen LogP contribution in [-0.2, 0) is 16.1 Å². The zero-order valence-electron chi connectivity index (χ0n) is 20.5. The standard InChI is InChI=1S/C27H30F2N4O2/c1-15-18(8-7-9-21(15)27(28,29)14-34)16(2)30-24-20-13-23-22(12-19(20)17(3)31-32-24)26(10-5-6-11-26)25(35)33(23)4/h7-9,12-13,16,34H,5-6,10-11,14H2,1-4H3,(H,30,32)/t16-/m1/s1. The minimum Gasteiger partial charge on any atom is -0.390 e. The molecule has 35 heavy (non-hydrogen) atoms. The van der Waals surface area contributed by atoms with E-state index in [-0.39, 0.29) is 17.5 Å². The number of hydrogen-bond acceptors (Lipinski definition) is 5. The van der Waals surface area contributed by atoms with E-state index in [0.29, 0.717) is 16.9 Å². The molecule has 1 aromatic heterocycles. The van der Waals surface area contributed by atoms with E-state index < -0.39 is 17.9 Å². The van der Waals surface area contributed by atoms with Crippen LogP contribution >= 0.6 is 0 Å². The maximum absolute atomic E-state index is 14.3. The third kappa shape index (κ3) is 3.49. The molecule has 1 aliphatic carbocycles. The molecule has 0 unspecified atom stereocenters. The van der Waals surface area contributed by atoms with Crippen molar-refractivity contribution in [1.82, 2.24) is 10.2 Å². The van der Waals surface area contributed by atoms with Gasteiger partial charge < -0.3 is 15.3 Å². The SMILES string of the molecule is Cc1c([C@@H](C)Nc2nnc(C)c3cc4c(cc23)N(C)C(=O)C42CCCC2)cccc1C(F)(F)CO. The molecule has 1 saturated carbocycles. The summed E-state index contributed by atoms with van der Waals surface area (Å²) >= 11 is 0. The van der Waals surface area contributed by atoms with Crippen LogP contribution in [0.3, 0.4) is 0 Å². The Balaban J connectivity index is 1.58. The number of likely N-dealkylation sites (N-methyl/N-ethyl adjacent to an activating group) is 1. The van der Waals surface area contributed by atoms with E-state index in [1.165, 1.54) is 6.07 Å².